The third kappa shape index (κ3) is 3.37. The molecule has 30 heavy (non-hydrogen) atoms. The third-order valence-corrected chi connectivity index (χ3v) is 6.43. The van der Waals surface area contributed by atoms with Gasteiger partial charge < -0.3 is 14.2 Å². The van der Waals surface area contributed by atoms with E-state index in [0.717, 1.165) is 34.7 Å². The number of hydrogen-bond donors (Lipinski definition) is 0. The lowest BCUT2D eigenvalue weighted by atomic mass is 9.93. The van der Waals surface area contributed by atoms with Crippen LogP contribution in [-0.2, 0) is 6.54 Å². The topological polar surface area (TPSA) is 48.0 Å². The monoisotopic (exact) mass is 405 g/mol. The number of fused-ring (bicyclic) bond motifs is 3. The molecule has 0 spiro atoms. The molecule has 0 amide bonds. The van der Waals surface area contributed by atoms with Crippen LogP contribution in [0.3, 0.4) is 0 Å². The van der Waals surface area contributed by atoms with Crippen molar-refractivity contribution < 1.29 is 19.0 Å². The van der Waals surface area contributed by atoms with Crippen LogP contribution in [0.15, 0.2) is 36.1 Å². The van der Waals surface area contributed by atoms with E-state index in [2.05, 4.69) is 4.90 Å². The van der Waals surface area contributed by atoms with Crippen LogP contribution in [0.25, 0.3) is 6.08 Å². The summed E-state index contributed by atoms with van der Waals surface area (Å²) in [6.45, 7) is 3.32. The van der Waals surface area contributed by atoms with Crippen LogP contribution in [0.2, 0.25) is 0 Å². The van der Waals surface area contributed by atoms with Gasteiger partial charge in [-0.05, 0) is 55.2 Å². The molecule has 1 aliphatic carbocycles. The van der Waals surface area contributed by atoms with Crippen LogP contribution in [-0.4, -0.2) is 30.6 Å². The molecule has 1 fully saturated rings. The van der Waals surface area contributed by atoms with Gasteiger partial charge >= 0.3 is 0 Å². The van der Waals surface area contributed by atoms with Crippen LogP contribution < -0.4 is 14.2 Å². The summed E-state index contributed by atoms with van der Waals surface area (Å²) < 4.78 is 17.6. The van der Waals surface area contributed by atoms with E-state index < -0.39 is 0 Å². The minimum Gasteiger partial charge on any atom is -0.497 e. The zero-order valence-corrected chi connectivity index (χ0v) is 17.6. The molecule has 156 valence electrons. The van der Waals surface area contributed by atoms with Gasteiger partial charge in [-0.15, -0.1) is 0 Å². The normalized spacial score (nSPS) is 20.5. The van der Waals surface area contributed by atoms with Gasteiger partial charge in [0, 0.05) is 12.6 Å². The van der Waals surface area contributed by atoms with Gasteiger partial charge in [-0.1, -0.05) is 31.4 Å². The number of ether oxygens (including phenoxy) is 3. The standard InChI is InChI=1S/C25H27NO4/c1-16-11-21-20(14-26(15-29-21)18-8-4-3-5-9-18)25-23(16)24(27)22(30-25)13-17-7-6-10-19(12-17)28-2/h6-7,10-13,18H,3-5,8-9,14-15H2,1-2H3/b22-13-. The Morgan fingerprint density at radius 2 is 2.00 bits per heavy atom. The molecular formula is C25H27NO4. The first-order valence-corrected chi connectivity index (χ1v) is 10.8. The highest BCUT2D eigenvalue weighted by molar-refractivity contribution is 6.15. The van der Waals surface area contributed by atoms with Gasteiger partial charge in [0.2, 0.25) is 5.78 Å². The number of methoxy groups -OCH3 is 1. The molecule has 0 saturated heterocycles. The van der Waals surface area contributed by atoms with Crippen molar-refractivity contribution in [2.75, 3.05) is 13.8 Å². The fourth-order valence-corrected chi connectivity index (χ4v) is 4.81. The lowest BCUT2D eigenvalue weighted by Crippen LogP contribution is -2.41. The Bertz CT molecular complexity index is 1020. The number of ketones is 1. The maximum Gasteiger partial charge on any atom is 0.232 e. The number of Topliss-reactive ketones (excluding diaryl/α,β-unsaturated/α-hetero) is 1. The van der Waals surface area contributed by atoms with Crippen molar-refractivity contribution in [1.82, 2.24) is 4.90 Å². The van der Waals surface area contributed by atoms with Crippen molar-refractivity contribution in [3.05, 3.63) is 58.3 Å². The Balaban J connectivity index is 1.48. The molecule has 1 saturated carbocycles. The van der Waals surface area contributed by atoms with E-state index in [4.69, 9.17) is 14.2 Å². The summed E-state index contributed by atoms with van der Waals surface area (Å²) in [5.41, 5.74) is 3.43. The summed E-state index contributed by atoms with van der Waals surface area (Å²) in [5.74, 6) is 2.54. The van der Waals surface area contributed by atoms with E-state index in [1.54, 1.807) is 13.2 Å². The van der Waals surface area contributed by atoms with Crippen LogP contribution in [0, 0.1) is 6.92 Å². The van der Waals surface area contributed by atoms with Gasteiger partial charge in [-0.25, -0.2) is 0 Å². The highest BCUT2D eigenvalue weighted by atomic mass is 16.5. The number of carbonyl (C=O) groups excluding carboxylic acids is 1. The summed E-state index contributed by atoms with van der Waals surface area (Å²) in [5, 5.41) is 0. The second kappa shape index (κ2) is 7.80. The first-order valence-electron chi connectivity index (χ1n) is 10.8. The summed E-state index contributed by atoms with van der Waals surface area (Å²) >= 11 is 0. The lowest BCUT2D eigenvalue weighted by molar-refractivity contribution is 0.0393. The molecule has 0 atom stereocenters. The second-order valence-corrected chi connectivity index (χ2v) is 8.40. The predicted molar refractivity (Wildman–Crippen MR) is 115 cm³/mol. The smallest absolute Gasteiger partial charge is 0.232 e. The average Bonchev–Trinajstić information content (AvgIpc) is 3.11. The SMILES string of the molecule is COc1cccc(/C=C2\Oc3c4c(cc(C)c3C2=O)OCN(C2CCCCC2)C4)c1. The molecule has 0 radical (unpaired) electrons. The molecule has 5 heteroatoms. The zero-order valence-electron chi connectivity index (χ0n) is 17.6. The number of aryl methyl sites for hydroxylation is 1. The van der Waals surface area contributed by atoms with Gasteiger partial charge in [-0.3, -0.25) is 9.69 Å². The molecular weight excluding hydrogens is 378 g/mol. The lowest BCUT2D eigenvalue weighted by Gasteiger charge is -2.37. The van der Waals surface area contributed by atoms with Crippen molar-refractivity contribution in [3.63, 3.8) is 0 Å². The number of nitrogens with zero attached hydrogens (tertiary/aromatic N) is 1. The molecule has 2 aromatic rings. The Morgan fingerprint density at radius 3 is 2.80 bits per heavy atom. The largest absolute Gasteiger partial charge is 0.497 e. The highest BCUT2D eigenvalue weighted by Crippen LogP contribution is 2.44. The molecule has 0 unspecified atom stereocenters. The van der Waals surface area contributed by atoms with Crippen molar-refractivity contribution >= 4 is 11.9 Å². The van der Waals surface area contributed by atoms with Gasteiger partial charge in [0.05, 0.1) is 18.2 Å². The Kier molecular flexibility index (Phi) is 4.99. The number of allylic oxidation sites excluding steroid dienone is 1. The Labute approximate surface area is 177 Å². The Hall–Kier alpha value is -2.79. The van der Waals surface area contributed by atoms with E-state index in [1.807, 2.05) is 37.3 Å². The quantitative estimate of drug-likeness (QED) is 0.665. The molecule has 2 aliphatic heterocycles. The molecule has 5 nitrogen and oxygen atoms in total. The number of hydrogen-bond acceptors (Lipinski definition) is 5. The maximum atomic E-state index is 13.2. The first-order chi connectivity index (χ1) is 14.6. The summed E-state index contributed by atoms with van der Waals surface area (Å²) in [7, 11) is 1.63. The number of rotatable bonds is 3. The zero-order chi connectivity index (χ0) is 20.7. The van der Waals surface area contributed by atoms with Crippen molar-refractivity contribution in [3.8, 4) is 17.2 Å². The van der Waals surface area contributed by atoms with Crippen molar-refractivity contribution in [2.45, 2.75) is 51.6 Å². The van der Waals surface area contributed by atoms with Crippen molar-refractivity contribution in [2.24, 2.45) is 0 Å². The number of carbonyl (C=O) groups is 1. The van der Waals surface area contributed by atoms with E-state index in [-0.39, 0.29) is 5.78 Å². The van der Waals surface area contributed by atoms with E-state index >= 15 is 0 Å². The highest BCUT2D eigenvalue weighted by Gasteiger charge is 2.36. The molecule has 2 heterocycles. The first kappa shape index (κ1) is 19.2. The van der Waals surface area contributed by atoms with Crippen LogP contribution in [0.1, 0.15) is 59.2 Å². The molecule has 5 rings (SSSR count). The van der Waals surface area contributed by atoms with E-state index in [9.17, 15) is 4.79 Å². The minimum atomic E-state index is -0.0668. The molecule has 3 aliphatic rings. The van der Waals surface area contributed by atoms with Gasteiger partial charge in [0.25, 0.3) is 0 Å². The fraction of sp³-hybridized carbons (Fsp3) is 0.400. The van der Waals surface area contributed by atoms with Gasteiger partial charge in [-0.2, -0.15) is 0 Å². The Morgan fingerprint density at radius 1 is 1.17 bits per heavy atom. The number of benzene rings is 2. The van der Waals surface area contributed by atoms with Crippen molar-refractivity contribution in [1.29, 1.82) is 0 Å². The molecule has 0 N–H and O–H groups in total. The fourth-order valence-electron chi connectivity index (χ4n) is 4.81. The maximum absolute atomic E-state index is 13.2. The average molecular weight is 405 g/mol. The summed E-state index contributed by atoms with van der Waals surface area (Å²) in [4.78, 5) is 15.6. The molecule has 2 aromatic carbocycles. The predicted octanol–water partition coefficient (Wildman–Crippen LogP) is 5.10. The summed E-state index contributed by atoms with van der Waals surface area (Å²) in [6.07, 6.45) is 8.11. The molecule has 0 aromatic heterocycles. The van der Waals surface area contributed by atoms with Crippen LogP contribution >= 0.6 is 0 Å². The van der Waals surface area contributed by atoms with Gasteiger partial charge in [0.15, 0.2) is 5.76 Å². The van der Waals surface area contributed by atoms with Crippen LogP contribution in [0.5, 0.6) is 17.2 Å². The summed E-state index contributed by atoms with van der Waals surface area (Å²) in [6, 6.07) is 10.1. The minimum absolute atomic E-state index is 0.0668. The van der Waals surface area contributed by atoms with Crippen LogP contribution in [0.4, 0.5) is 0 Å². The van der Waals surface area contributed by atoms with E-state index in [0.29, 0.717) is 29.8 Å². The second-order valence-electron chi connectivity index (χ2n) is 8.40. The third-order valence-electron chi connectivity index (χ3n) is 6.43. The van der Waals surface area contributed by atoms with Gasteiger partial charge in [0.1, 0.15) is 24.0 Å². The molecule has 0 bridgehead atoms. The van der Waals surface area contributed by atoms with E-state index in [1.165, 1.54) is 32.1 Å².